The molecule has 0 bridgehead atoms. The van der Waals surface area contributed by atoms with Crippen LogP contribution in [0.15, 0.2) is 48.6 Å². The second-order valence-electron chi connectivity index (χ2n) is 10.9. The van der Waals surface area contributed by atoms with Crippen LogP contribution < -0.4 is 9.64 Å². The Kier molecular flexibility index (Phi) is 7.11. The number of thioether (sulfide) groups is 1. The van der Waals surface area contributed by atoms with Crippen molar-refractivity contribution in [3.8, 4) is 5.75 Å². The lowest BCUT2D eigenvalue weighted by atomic mass is 9.74. The topological polar surface area (TPSA) is 90.4 Å². The number of aliphatic hydroxyl groups is 1. The molecule has 0 aliphatic carbocycles. The van der Waals surface area contributed by atoms with E-state index in [4.69, 9.17) is 4.74 Å². The van der Waals surface area contributed by atoms with E-state index in [-0.39, 0.29) is 36.9 Å². The number of hydrogen-bond donors (Lipinski definition) is 1. The van der Waals surface area contributed by atoms with E-state index in [0.29, 0.717) is 26.1 Å². The largest absolute Gasteiger partial charge is 0.494 e. The minimum absolute atomic E-state index is 0.0275. The van der Waals surface area contributed by atoms with Crippen molar-refractivity contribution in [2.45, 2.75) is 55.7 Å². The van der Waals surface area contributed by atoms with Crippen LogP contribution in [0.2, 0.25) is 0 Å². The number of fused-ring (bicyclic) bond motifs is 2. The van der Waals surface area contributed by atoms with Crippen molar-refractivity contribution in [2.75, 3.05) is 37.7 Å². The molecule has 4 heterocycles. The number of amides is 3. The highest BCUT2D eigenvalue weighted by Gasteiger charge is 2.73. The minimum Gasteiger partial charge on any atom is -0.494 e. The number of carbonyl (C=O) groups excluding carboxylic acids is 3. The van der Waals surface area contributed by atoms with Gasteiger partial charge in [0.05, 0.1) is 23.2 Å². The molecular weight excluding hydrogens is 502 g/mol. The molecule has 0 radical (unpaired) electrons. The van der Waals surface area contributed by atoms with Gasteiger partial charge in [-0.2, -0.15) is 0 Å². The van der Waals surface area contributed by atoms with Crippen LogP contribution in [0.4, 0.5) is 5.69 Å². The third kappa shape index (κ3) is 4.06. The molecule has 1 unspecified atom stereocenters. The maximum absolute atomic E-state index is 14.4. The molecule has 8 nitrogen and oxygen atoms in total. The Morgan fingerprint density at radius 3 is 2.39 bits per heavy atom. The van der Waals surface area contributed by atoms with Crippen molar-refractivity contribution in [2.24, 2.45) is 11.8 Å². The van der Waals surface area contributed by atoms with E-state index in [0.717, 1.165) is 11.4 Å². The molecule has 0 saturated carbocycles. The van der Waals surface area contributed by atoms with E-state index in [2.05, 4.69) is 6.08 Å². The summed E-state index contributed by atoms with van der Waals surface area (Å²) >= 11 is 1.58. The van der Waals surface area contributed by atoms with E-state index in [1.54, 1.807) is 26.5 Å². The molecule has 38 heavy (non-hydrogen) atoms. The number of rotatable bonds is 7. The third-order valence-corrected chi connectivity index (χ3v) is 10.0. The highest BCUT2D eigenvalue weighted by molar-refractivity contribution is 8.02. The van der Waals surface area contributed by atoms with Gasteiger partial charge in [0.15, 0.2) is 0 Å². The summed E-state index contributed by atoms with van der Waals surface area (Å²) in [6.07, 6.45) is 8.47. The first-order valence-electron chi connectivity index (χ1n) is 13.5. The molecule has 3 amide bonds. The van der Waals surface area contributed by atoms with Crippen molar-refractivity contribution in [1.82, 2.24) is 9.80 Å². The third-order valence-electron chi connectivity index (χ3n) is 8.23. The molecule has 5 rings (SSSR count). The Labute approximate surface area is 228 Å². The first kappa shape index (κ1) is 26.8. The zero-order chi connectivity index (χ0) is 27.2. The maximum atomic E-state index is 14.4. The van der Waals surface area contributed by atoms with E-state index in [1.165, 1.54) is 0 Å². The second kappa shape index (κ2) is 10.1. The molecule has 1 N–H and O–H groups in total. The lowest BCUT2D eigenvalue weighted by Gasteiger charge is -2.37. The minimum atomic E-state index is -0.867. The van der Waals surface area contributed by atoms with Crippen molar-refractivity contribution in [1.29, 1.82) is 0 Å². The van der Waals surface area contributed by atoms with Gasteiger partial charge in [-0.3, -0.25) is 14.4 Å². The summed E-state index contributed by atoms with van der Waals surface area (Å²) in [5.41, 5.74) is 0.746. The van der Waals surface area contributed by atoms with E-state index < -0.39 is 27.4 Å². The monoisotopic (exact) mass is 539 g/mol. The van der Waals surface area contributed by atoms with Gasteiger partial charge in [-0.1, -0.05) is 24.3 Å². The van der Waals surface area contributed by atoms with E-state index in [1.807, 2.05) is 70.2 Å². The van der Waals surface area contributed by atoms with Crippen LogP contribution in [0.3, 0.4) is 0 Å². The maximum Gasteiger partial charge on any atom is 0.247 e. The standard InChI is InChI=1S/C29H37N3O5S/c1-5-37-21-11-9-20(10-12-21)31-16-6-13-28(4)22(25(31)34)23-26(35)32(17-8-18-33)24-27(36)30(19(2)3)15-7-14-29(23,24)38-28/h6-7,9-14,19,22-24,33H,5,8,15-18H2,1-4H3/t22-,23+,24?,28+,29+/m1/s1. The smallest absolute Gasteiger partial charge is 0.247 e. The lowest BCUT2D eigenvalue weighted by molar-refractivity contribution is -0.143. The molecule has 9 heteroatoms. The molecule has 1 aromatic carbocycles. The Morgan fingerprint density at radius 1 is 1.03 bits per heavy atom. The summed E-state index contributed by atoms with van der Waals surface area (Å²) in [4.78, 5) is 47.8. The van der Waals surface area contributed by atoms with Crippen LogP contribution >= 0.6 is 11.8 Å². The molecule has 4 aliphatic heterocycles. The normalized spacial score (nSPS) is 32.4. The van der Waals surface area contributed by atoms with Crippen molar-refractivity contribution in [3.63, 3.8) is 0 Å². The Hall–Kier alpha value is -2.78. The summed E-state index contributed by atoms with van der Waals surface area (Å²) in [5, 5.41) is 9.56. The summed E-state index contributed by atoms with van der Waals surface area (Å²) < 4.78 is 4.05. The van der Waals surface area contributed by atoms with Crippen molar-refractivity contribution < 1.29 is 24.2 Å². The van der Waals surface area contributed by atoms with Gasteiger partial charge < -0.3 is 24.5 Å². The van der Waals surface area contributed by atoms with Gasteiger partial charge in [0.2, 0.25) is 17.7 Å². The number of ether oxygens (including phenoxy) is 1. The first-order chi connectivity index (χ1) is 18.2. The molecule has 1 spiro atoms. The zero-order valence-corrected chi connectivity index (χ0v) is 23.3. The van der Waals surface area contributed by atoms with Crippen LogP contribution in [-0.2, 0) is 14.4 Å². The Bertz CT molecular complexity index is 1170. The van der Waals surface area contributed by atoms with E-state index >= 15 is 0 Å². The van der Waals surface area contributed by atoms with Gasteiger partial charge in [0.1, 0.15) is 11.8 Å². The number of carbonyl (C=O) groups is 3. The van der Waals surface area contributed by atoms with Gasteiger partial charge in [-0.15, -0.1) is 11.8 Å². The fourth-order valence-corrected chi connectivity index (χ4v) is 8.76. The number of benzene rings is 1. The molecule has 0 aromatic heterocycles. The number of nitrogens with zero attached hydrogens (tertiary/aromatic N) is 3. The summed E-state index contributed by atoms with van der Waals surface area (Å²) in [7, 11) is 0. The quantitative estimate of drug-likeness (QED) is 0.536. The Balaban J connectivity index is 1.58. The lowest BCUT2D eigenvalue weighted by Crippen LogP contribution is -2.54. The van der Waals surface area contributed by atoms with Crippen molar-refractivity contribution >= 4 is 35.2 Å². The fraction of sp³-hybridized carbons (Fsp3) is 0.552. The predicted molar refractivity (Wildman–Crippen MR) is 148 cm³/mol. The average Bonchev–Trinajstić information content (AvgIpc) is 3.14. The highest BCUT2D eigenvalue weighted by Crippen LogP contribution is 2.65. The fourth-order valence-electron chi connectivity index (χ4n) is 6.61. The van der Waals surface area contributed by atoms with Gasteiger partial charge in [-0.25, -0.2) is 0 Å². The van der Waals surface area contributed by atoms with Crippen LogP contribution in [0.1, 0.15) is 34.1 Å². The van der Waals surface area contributed by atoms with Crippen LogP contribution in [0.5, 0.6) is 5.75 Å². The summed E-state index contributed by atoms with van der Waals surface area (Å²) in [6.45, 7) is 9.53. The molecule has 2 saturated heterocycles. The zero-order valence-electron chi connectivity index (χ0n) is 22.5. The van der Waals surface area contributed by atoms with Crippen LogP contribution in [-0.4, -0.2) is 87.1 Å². The van der Waals surface area contributed by atoms with Crippen LogP contribution in [0.25, 0.3) is 0 Å². The van der Waals surface area contributed by atoms with Gasteiger partial charge >= 0.3 is 0 Å². The van der Waals surface area contributed by atoms with Gasteiger partial charge in [0, 0.05) is 42.7 Å². The average molecular weight is 540 g/mol. The van der Waals surface area contributed by atoms with Crippen molar-refractivity contribution in [3.05, 3.63) is 48.6 Å². The number of hydrogen-bond acceptors (Lipinski definition) is 6. The summed E-state index contributed by atoms with van der Waals surface area (Å²) in [5.74, 6) is -0.976. The predicted octanol–water partition coefficient (Wildman–Crippen LogP) is 2.86. The molecular formula is C29H37N3O5S. The number of anilines is 1. The van der Waals surface area contributed by atoms with Gasteiger partial charge in [0.25, 0.3) is 0 Å². The van der Waals surface area contributed by atoms with Crippen LogP contribution in [0, 0.1) is 11.8 Å². The summed E-state index contributed by atoms with van der Waals surface area (Å²) in [6, 6.07) is 6.71. The highest BCUT2D eigenvalue weighted by atomic mass is 32.2. The molecule has 4 aliphatic rings. The first-order valence-corrected chi connectivity index (χ1v) is 14.3. The van der Waals surface area contributed by atoms with E-state index in [9.17, 15) is 19.5 Å². The Morgan fingerprint density at radius 2 is 1.74 bits per heavy atom. The second-order valence-corrected chi connectivity index (χ2v) is 12.7. The molecule has 204 valence electrons. The molecule has 5 atom stereocenters. The SMILES string of the molecule is CCOc1ccc(N2CC=C[C@]3(C)S[C@]45C=CCN(C(C)C)C(=O)C4N(CCCO)C(=O)[C@@H]5[C@@H]3C2=O)cc1. The molecule has 1 aromatic rings. The molecule has 2 fully saturated rings. The number of aliphatic hydroxyl groups excluding tert-OH is 1. The van der Waals surface area contributed by atoms with Gasteiger partial charge in [-0.05, 0) is 58.4 Å². The number of likely N-dealkylation sites (tertiary alicyclic amines) is 1.